The van der Waals surface area contributed by atoms with Gasteiger partial charge in [0.05, 0.1) is 0 Å². The molecule has 0 radical (unpaired) electrons. The van der Waals surface area contributed by atoms with E-state index in [0.717, 1.165) is 12.1 Å². The van der Waals surface area contributed by atoms with Crippen LogP contribution in [0.2, 0.25) is 0 Å². The van der Waals surface area contributed by atoms with Gasteiger partial charge in [-0.3, -0.25) is 4.79 Å². The average molecular weight is 191 g/mol. The van der Waals surface area contributed by atoms with Crippen molar-refractivity contribution in [2.24, 2.45) is 5.92 Å². The zero-order valence-electron chi connectivity index (χ0n) is 9.00. The lowest BCUT2D eigenvalue weighted by Gasteiger charge is -2.06. The summed E-state index contributed by atoms with van der Waals surface area (Å²) in [5, 5.41) is 2.75. The molecule has 0 fully saturated rings. The van der Waals surface area contributed by atoms with Crippen LogP contribution >= 0.6 is 0 Å². The quantitative estimate of drug-likeness (QED) is 0.782. The second-order valence-corrected chi connectivity index (χ2v) is 3.98. The number of carbonyl (C=O) groups is 1. The van der Waals surface area contributed by atoms with Gasteiger partial charge >= 0.3 is 0 Å². The van der Waals surface area contributed by atoms with Crippen LogP contribution in [0.15, 0.2) is 24.3 Å². The topological polar surface area (TPSA) is 29.1 Å². The summed E-state index contributed by atoms with van der Waals surface area (Å²) in [6.45, 7) is 5.91. The Morgan fingerprint density at radius 2 is 1.86 bits per heavy atom. The van der Waals surface area contributed by atoms with Gasteiger partial charge in [0.15, 0.2) is 0 Å². The fraction of sp³-hybridized carbons (Fsp3) is 0.417. The van der Waals surface area contributed by atoms with Crippen LogP contribution in [0.4, 0.5) is 5.69 Å². The molecule has 1 aromatic carbocycles. The van der Waals surface area contributed by atoms with Crippen molar-refractivity contribution in [3.05, 3.63) is 29.8 Å². The molecule has 0 heterocycles. The molecule has 0 atom stereocenters. The minimum Gasteiger partial charge on any atom is -0.326 e. The fourth-order valence-corrected chi connectivity index (χ4v) is 1.40. The molecule has 1 rings (SSSR count). The third kappa shape index (κ3) is 3.60. The standard InChI is InChI=1S/C12H17NO/c1-9(2)8-11-4-6-12(7-5-11)13-10(3)14/h4-7,9H,8H2,1-3H3,(H,13,14). The average Bonchev–Trinajstić information content (AvgIpc) is 2.06. The lowest BCUT2D eigenvalue weighted by molar-refractivity contribution is -0.114. The zero-order chi connectivity index (χ0) is 10.6. The van der Waals surface area contributed by atoms with Crippen molar-refractivity contribution in [1.29, 1.82) is 0 Å². The maximum absolute atomic E-state index is 10.8. The third-order valence-corrected chi connectivity index (χ3v) is 1.92. The number of benzene rings is 1. The number of nitrogens with one attached hydrogen (secondary N) is 1. The summed E-state index contributed by atoms with van der Waals surface area (Å²) in [6.07, 6.45) is 1.08. The van der Waals surface area contributed by atoms with Gasteiger partial charge in [0.2, 0.25) is 5.91 Å². The van der Waals surface area contributed by atoms with E-state index in [1.54, 1.807) is 0 Å². The van der Waals surface area contributed by atoms with Crippen molar-refractivity contribution >= 4 is 11.6 Å². The van der Waals surface area contributed by atoms with E-state index < -0.39 is 0 Å². The number of anilines is 1. The number of rotatable bonds is 3. The van der Waals surface area contributed by atoms with E-state index in [9.17, 15) is 4.79 Å². The van der Waals surface area contributed by atoms with Crippen molar-refractivity contribution in [3.63, 3.8) is 0 Å². The normalized spacial score (nSPS) is 10.3. The van der Waals surface area contributed by atoms with E-state index >= 15 is 0 Å². The van der Waals surface area contributed by atoms with Gasteiger partial charge in [-0.1, -0.05) is 26.0 Å². The highest BCUT2D eigenvalue weighted by molar-refractivity contribution is 5.88. The lowest BCUT2D eigenvalue weighted by atomic mass is 10.0. The molecule has 0 bridgehead atoms. The van der Waals surface area contributed by atoms with E-state index in [2.05, 4.69) is 31.3 Å². The number of hydrogen-bond acceptors (Lipinski definition) is 1. The highest BCUT2D eigenvalue weighted by atomic mass is 16.1. The Morgan fingerprint density at radius 1 is 1.29 bits per heavy atom. The SMILES string of the molecule is CC(=O)Nc1ccc(CC(C)C)cc1. The molecular formula is C12H17NO. The Bertz CT molecular complexity index is 301. The molecule has 1 N–H and O–H groups in total. The van der Waals surface area contributed by atoms with Gasteiger partial charge in [-0.2, -0.15) is 0 Å². The Labute approximate surface area is 85.3 Å². The van der Waals surface area contributed by atoms with Crippen LogP contribution in [0.1, 0.15) is 26.3 Å². The Balaban J connectivity index is 2.63. The third-order valence-electron chi connectivity index (χ3n) is 1.92. The van der Waals surface area contributed by atoms with Crippen LogP contribution < -0.4 is 5.32 Å². The second kappa shape index (κ2) is 4.80. The summed E-state index contributed by atoms with van der Waals surface area (Å²) in [4.78, 5) is 10.8. The summed E-state index contributed by atoms with van der Waals surface area (Å²) in [6, 6.07) is 8.01. The van der Waals surface area contributed by atoms with Crippen LogP contribution in [0.5, 0.6) is 0 Å². The first kappa shape index (κ1) is 10.8. The summed E-state index contributed by atoms with van der Waals surface area (Å²) in [5.41, 5.74) is 2.18. The van der Waals surface area contributed by atoms with Gasteiger partial charge < -0.3 is 5.32 Å². The molecule has 0 aromatic heterocycles. The number of carbonyl (C=O) groups excluding carboxylic acids is 1. The Kier molecular flexibility index (Phi) is 3.69. The minimum absolute atomic E-state index is 0.0263. The van der Waals surface area contributed by atoms with Gasteiger partial charge in [0.1, 0.15) is 0 Å². The molecule has 0 unspecified atom stereocenters. The predicted octanol–water partition coefficient (Wildman–Crippen LogP) is 2.84. The van der Waals surface area contributed by atoms with Crippen molar-refractivity contribution in [3.8, 4) is 0 Å². The summed E-state index contributed by atoms with van der Waals surface area (Å²) < 4.78 is 0. The number of amides is 1. The molecule has 1 amide bonds. The first-order valence-electron chi connectivity index (χ1n) is 4.94. The Morgan fingerprint density at radius 3 is 2.29 bits per heavy atom. The molecule has 0 spiro atoms. The van der Waals surface area contributed by atoms with E-state index in [4.69, 9.17) is 0 Å². The van der Waals surface area contributed by atoms with Gasteiger partial charge in [0, 0.05) is 12.6 Å². The van der Waals surface area contributed by atoms with Crippen LogP contribution in [0, 0.1) is 5.92 Å². The molecule has 0 aliphatic rings. The first-order valence-corrected chi connectivity index (χ1v) is 4.94. The molecule has 2 heteroatoms. The predicted molar refractivity (Wildman–Crippen MR) is 59.3 cm³/mol. The minimum atomic E-state index is -0.0263. The molecule has 0 aliphatic heterocycles. The van der Waals surface area contributed by atoms with Gasteiger partial charge in [-0.05, 0) is 30.0 Å². The smallest absolute Gasteiger partial charge is 0.221 e. The molecule has 0 aliphatic carbocycles. The van der Waals surface area contributed by atoms with Crippen molar-refractivity contribution < 1.29 is 4.79 Å². The summed E-state index contributed by atoms with van der Waals surface area (Å²) in [5.74, 6) is 0.642. The molecule has 14 heavy (non-hydrogen) atoms. The lowest BCUT2D eigenvalue weighted by Crippen LogP contribution is -2.05. The van der Waals surface area contributed by atoms with Crippen molar-refractivity contribution in [2.45, 2.75) is 27.2 Å². The monoisotopic (exact) mass is 191 g/mol. The maximum Gasteiger partial charge on any atom is 0.221 e. The van der Waals surface area contributed by atoms with Crippen LogP contribution in [-0.2, 0) is 11.2 Å². The first-order chi connectivity index (χ1) is 6.58. The fourth-order valence-electron chi connectivity index (χ4n) is 1.40. The molecule has 76 valence electrons. The molecule has 2 nitrogen and oxygen atoms in total. The maximum atomic E-state index is 10.8. The van der Waals surface area contributed by atoms with Gasteiger partial charge in [-0.25, -0.2) is 0 Å². The van der Waals surface area contributed by atoms with E-state index in [1.165, 1.54) is 12.5 Å². The second-order valence-electron chi connectivity index (χ2n) is 3.98. The zero-order valence-corrected chi connectivity index (χ0v) is 9.00. The molecular weight excluding hydrogens is 174 g/mol. The van der Waals surface area contributed by atoms with Crippen molar-refractivity contribution in [2.75, 3.05) is 5.32 Å². The van der Waals surface area contributed by atoms with Crippen molar-refractivity contribution in [1.82, 2.24) is 0 Å². The Hall–Kier alpha value is -1.31. The number of hydrogen-bond donors (Lipinski definition) is 1. The van der Waals surface area contributed by atoms with Crippen LogP contribution in [0.25, 0.3) is 0 Å². The summed E-state index contributed by atoms with van der Waals surface area (Å²) >= 11 is 0. The molecule has 0 saturated carbocycles. The van der Waals surface area contributed by atoms with E-state index in [0.29, 0.717) is 5.92 Å². The molecule has 1 aromatic rings. The van der Waals surface area contributed by atoms with Crippen LogP contribution in [0.3, 0.4) is 0 Å². The van der Waals surface area contributed by atoms with E-state index in [-0.39, 0.29) is 5.91 Å². The highest BCUT2D eigenvalue weighted by Crippen LogP contribution is 2.12. The van der Waals surface area contributed by atoms with Crippen LogP contribution in [-0.4, -0.2) is 5.91 Å². The largest absolute Gasteiger partial charge is 0.326 e. The van der Waals surface area contributed by atoms with Gasteiger partial charge in [-0.15, -0.1) is 0 Å². The van der Waals surface area contributed by atoms with E-state index in [1.807, 2.05) is 12.1 Å². The summed E-state index contributed by atoms with van der Waals surface area (Å²) in [7, 11) is 0. The molecule has 0 saturated heterocycles. The highest BCUT2D eigenvalue weighted by Gasteiger charge is 1.98. The van der Waals surface area contributed by atoms with Gasteiger partial charge in [0.25, 0.3) is 0 Å².